The van der Waals surface area contributed by atoms with Crippen LogP contribution in [-0.4, -0.2) is 26.5 Å². The minimum atomic E-state index is 0.872. The minimum absolute atomic E-state index is 0.872. The van der Waals surface area contributed by atoms with E-state index in [4.69, 9.17) is 0 Å². The molecule has 2 heterocycles. The Balaban J connectivity index is 2.43. The molecule has 2 N–H and O–H groups in total. The van der Waals surface area contributed by atoms with Crippen molar-refractivity contribution < 1.29 is 0 Å². The van der Waals surface area contributed by atoms with Crippen LogP contribution < -0.4 is 5.32 Å². The summed E-state index contributed by atoms with van der Waals surface area (Å²) in [6, 6.07) is 1.93. The average Bonchev–Trinajstić information content (AvgIpc) is 2.77. The van der Waals surface area contributed by atoms with Crippen LogP contribution in [0.5, 0.6) is 0 Å². The molecule has 74 valence electrons. The summed E-state index contributed by atoms with van der Waals surface area (Å²) in [6.45, 7) is 2.93. The number of hydrogen-bond donors (Lipinski definition) is 2. The molecule has 0 bridgehead atoms. The van der Waals surface area contributed by atoms with Crippen LogP contribution in [0.25, 0.3) is 11.3 Å². The number of rotatable bonds is 3. The van der Waals surface area contributed by atoms with Gasteiger partial charge in [-0.3, -0.25) is 9.78 Å². The zero-order valence-electron chi connectivity index (χ0n) is 8.28. The SMILES string of the molecule is CCNc1c(-c2cc[nH]n2)cnn1C. The molecule has 14 heavy (non-hydrogen) atoms. The molecule has 0 aliphatic rings. The molecule has 0 aromatic carbocycles. The normalized spacial score (nSPS) is 10.4. The summed E-state index contributed by atoms with van der Waals surface area (Å²) in [5.74, 6) is 1.000. The van der Waals surface area contributed by atoms with Crippen molar-refractivity contribution >= 4 is 5.82 Å². The van der Waals surface area contributed by atoms with Crippen molar-refractivity contribution in [2.24, 2.45) is 7.05 Å². The third-order valence-electron chi connectivity index (χ3n) is 2.06. The second kappa shape index (κ2) is 3.53. The quantitative estimate of drug-likeness (QED) is 0.767. The van der Waals surface area contributed by atoms with Gasteiger partial charge < -0.3 is 5.32 Å². The van der Waals surface area contributed by atoms with Crippen LogP contribution in [0.15, 0.2) is 18.5 Å². The van der Waals surface area contributed by atoms with E-state index in [1.165, 1.54) is 0 Å². The molecule has 0 saturated heterocycles. The summed E-state index contributed by atoms with van der Waals surface area (Å²) in [6.07, 6.45) is 3.62. The third kappa shape index (κ3) is 1.37. The predicted molar refractivity (Wildman–Crippen MR) is 55.0 cm³/mol. The van der Waals surface area contributed by atoms with Crippen molar-refractivity contribution in [3.05, 3.63) is 18.5 Å². The Morgan fingerprint density at radius 1 is 1.57 bits per heavy atom. The van der Waals surface area contributed by atoms with Gasteiger partial charge >= 0.3 is 0 Å². The highest BCUT2D eigenvalue weighted by molar-refractivity contribution is 5.71. The summed E-state index contributed by atoms with van der Waals surface area (Å²) in [5.41, 5.74) is 1.93. The van der Waals surface area contributed by atoms with Gasteiger partial charge in [-0.2, -0.15) is 10.2 Å². The number of H-pyrrole nitrogens is 1. The molecule has 2 rings (SSSR count). The first-order chi connectivity index (χ1) is 6.83. The highest BCUT2D eigenvalue weighted by Crippen LogP contribution is 2.24. The lowest BCUT2D eigenvalue weighted by Gasteiger charge is -2.04. The molecule has 0 spiro atoms. The van der Waals surface area contributed by atoms with Crippen LogP contribution in [0.4, 0.5) is 5.82 Å². The van der Waals surface area contributed by atoms with Crippen molar-refractivity contribution in [2.45, 2.75) is 6.92 Å². The standard InChI is InChI=1S/C9H13N5/c1-3-10-9-7(6-12-14(9)2)8-4-5-11-13-8/h4-6,10H,3H2,1-2H3,(H,11,13). The Bertz CT molecular complexity index is 401. The van der Waals surface area contributed by atoms with Crippen LogP contribution in [0.3, 0.4) is 0 Å². The lowest BCUT2D eigenvalue weighted by atomic mass is 10.2. The monoisotopic (exact) mass is 191 g/mol. The average molecular weight is 191 g/mol. The number of hydrogen-bond acceptors (Lipinski definition) is 3. The fourth-order valence-electron chi connectivity index (χ4n) is 1.41. The minimum Gasteiger partial charge on any atom is -0.370 e. The van der Waals surface area contributed by atoms with Crippen molar-refractivity contribution in [2.75, 3.05) is 11.9 Å². The van der Waals surface area contributed by atoms with E-state index >= 15 is 0 Å². The molecular formula is C9H13N5. The molecule has 0 unspecified atom stereocenters. The first-order valence-corrected chi connectivity index (χ1v) is 4.59. The number of aromatic nitrogens is 4. The second-order valence-electron chi connectivity index (χ2n) is 3.02. The van der Waals surface area contributed by atoms with Gasteiger partial charge in [0.05, 0.1) is 17.5 Å². The Hall–Kier alpha value is -1.78. The lowest BCUT2D eigenvalue weighted by molar-refractivity contribution is 0.771. The van der Waals surface area contributed by atoms with Gasteiger partial charge in [-0.25, -0.2) is 0 Å². The van der Waals surface area contributed by atoms with Crippen molar-refractivity contribution in [1.29, 1.82) is 0 Å². The van der Waals surface area contributed by atoms with Crippen molar-refractivity contribution in [3.8, 4) is 11.3 Å². The van der Waals surface area contributed by atoms with Gasteiger partial charge in [-0.05, 0) is 13.0 Å². The summed E-state index contributed by atoms with van der Waals surface area (Å²) in [7, 11) is 1.91. The molecule has 5 heteroatoms. The Morgan fingerprint density at radius 2 is 2.43 bits per heavy atom. The predicted octanol–water partition coefficient (Wildman–Crippen LogP) is 1.24. The summed E-state index contributed by atoms with van der Waals surface area (Å²) >= 11 is 0. The first-order valence-electron chi connectivity index (χ1n) is 4.59. The molecule has 0 aliphatic heterocycles. The largest absolute Gasteiger partial charge is 0.370 e. The van der Waals surface area contributed by atoms with Crippen LogP contribution in [-0.2, 0) is 7.05 Å². The van der Waals surface area contributed by atoms with Gasteiger partial charge in [0.25, 0.3) is 0 Å². The van der Waals surface area contributed by atoms with Crippen LogP contribution in [0.2, 0.25) is 0 Å². The number of nitrogens with zero attached hydrogens (tertiary/aromatic N) is 3. The molecular weight excluding hydrogens is 178 g/mol. The fraction of sp³-hybridized carbons (Fsp3) is 0.333. The van der Waals surface area contributed by atoms with Gasteiger partial charge in [-0.15, -0.1) is 0 Å². The van der Waals surface area contributed by atoms with E-state index in [1.54, 1.807) is 6.20 Å². The Kier molecular flexibility index (Phi) is 2.22. The number of nitrogens with one attached hydrogen (secondary N) is 2. The van der Waals surface area contributed by atoms with E-state index < -0.39 is 0 Å². The lowest BCUT2D eigenvalue weighted by Crippen LogP contribution is -2.04. The van der Waals surface area contributed by atoms with E-state index in [-0.39, 0.29) is 0 Å². The topological polar surface area (TPSA) is 58.5 Å². The zero-order valence-corrected chi connectivity index (χ0v) is 8.28. The maximum Gasteiger partial charge on any atom is 0.133 e. The van der Waals surface area contributed by atoms with Crippen LogP contribution in [0.1, 0.15) is 6.92 Å². The molecule has 5 nitrogen and oxygen atoms in total. The fourth-order valence-corrected chi connectivity index (χ4v) is 1.41. The summed E-state index contributed by atoms with van der Waals surface area (Å²) in [4.78, 5) is 0. The Labute approximate surface area is 82.1 Å². The van der Waals surface area contributed by atoms with Gasteiger partial charge in [0, 0.05) is 19.8 Å². The maximum atomic E-state index is 4.19. The van der Waals surface area contributed by atoms with Gasteiger partial charge in [0.2, 0.25) is 0 Å². The molecule has 0 aliphatic carbocycles. The van der Waals surface area contributed by atoms with E-state index in [0.717, 1.165) is 23.6 Å². The molecule has 0 saturated carbocycles. The molecule has 2 aromatic heterocycles. The van der Waals surface area contributed by atoms with E-state index in [0.29, 0.717) is 0 Å². The first kappa shape index (κ1) is 8.80. The third-order valence-corrected chi connectivity index (χ3v) is 2.06. The zero-order chi connectivity index (χ0) is 9.97. The highest BCUT2D eigenvalue weighted by Gasteiger charge is 2.10. The van der Waals surface area contributed by atoms with Gasteiger partial charge in [0.15, 0.2) is 0 Å². The van der Waals surface area contributed by atoms with Gasteiger partial charge in [0.1, 0.15) is 5.82 Å². The maximum absolute atomic E-state index is 4.19. The highest BCUT2D eigenvalue weighted by atomic mass is 15.3. The molecule has 0 fully saturated rings. The van der Waals surface area contributed by atoms with Crippen molar-refractivity contribution in [3.63, 3.8) is 0 Å². The van der Waals surface area contributed by atoms with Crippen molar-refractivity contribution in [1.82, 2.24) is 20.0 Å². The smallest absolute Gasteiger partial charge is 0.133 e. The Morgan fingerprint density at radius 3 is 3.07 bits per heavy atom. The van der Waals surface area contributed by atoms with Crippen LogP contribution in [0, 0.1) is 0 Å². The van der Waals surface area contributed by atoms with Gasteiger partial charge in [-0.1, -0.05) is 0 Å². The van der Waals surface area contributed by atoms with E-state index in [9.17, 15) is 0 Å². The molecule has 0 radical (unpaired) electrons. The summed E-state index contributed by atoms with van der Waals surface area (Å²) in [5, 5.41) is 14.4. The number of aromatic amines is 1. The molecule has 0 atom stereocenters. The van der Waals surface area contributed by atoms with E-state index in [1.807, 2.05) is 24.0 Å². The second-order valence-corrected chi connectivity index (χ2v) is 3.02. The number of anilines is 1. The number of aryl methyl sites for hydroxylation is 1. The van der Waals surface area contributed by atoms with Crippen LogP contribution >= 0.6 is 0 Å². The molecule has 0 amide bonds. The molecule has 2 aromatic rings. The van der Waals surface area contributed by atoms with E-state index in [2.05, 4.69) is 27.5 Å². The summed E-state index contributed by atoms with van der Waals surface area (Å²) < 4.78 is 1.81.